The minimum Gasteiger partial charge on any atom is -0.481 e. The molecule has 1 unspecified atom stereocenters. The highest BCUT2D eigenvalue weighted by molar-refractivity contribution is 5.78. The summed E-state index contributed by atoms with van der Waals surface area (Å²) in [4.78, 5) is 33.4. The Hall–Kier alpha value is -2.62. The quantitative estimate of drug-likeness (QED) is 0.252. The van der Waals surface area contributed by atoms with Gasteiger partial charge in [0.25, 0.3) is 5.91 Å². The first kappa shape index (κ1) is 28.0. The summed E-state index contributed by atoms with van der Waals surface area (Å²) in [5.41, 5.74) is 7.36. The first-order chi connectivity index (χ1) is 17.1. The van der Waals surface area contributed by atoms with E-state index in [0.29, 0.717) is 31.0 Å². The van der Waals surface area contributed by atoms with E-state index in [0.717, 1.165) is 18.4 Å². The van der Waals surface area contributed by atoms with E-state index in [1.807, 2.05) is 43.9 Å². The predicted molar refractivity (Wildman–Crippen MR) is 136 cm³/mol. The number of ether oxygens (including phenoxy) is 2. The van der Waals surface area contributed by atoms with Gasteiger partial charge in [0.15, 0.2) is 11.5 Å². The van der Waals surface area contributed by atoms with Crippen LogP contribution in [0.5, 0.6) is 11.5 Å². The number of unbranched alkanes of at least 4 members (excludes halogenated alkanes) is 1. The lowest BCUT2D eigenvalue weighted by Gasteiger charge is -2.34. The molecular formula is C27H41N3O6. The molecule has 0 spiro atoms. The first-order valence-corrected chi connectivity index (χ1v) is 12.7. The zero-order valence-electron chi connectivity index (χ0n) is 22.2. The number of benzene rings is 1. The summed E-state index contributed by atoms with van der Waals surface area (Å²) in [6.07, 6.45) is 4.47. The molecule has 0 radical (unpaired) electrons. The molecule has 0 bridgehead atoms. The van der Waals surface area contributed by atoms with Gasteiger partial charge in [0.2, 0.25) is 6.79 Å². The van der Waals surface area contributed by atoms with Crippen molar-refractivity contribution >= 4 is 11.9 Å². The fourth-order valence-electron chi connectivity index (χ4n) is 5.51. The lowest BCUT2D eigenvalue weighted by atomic mass is 9.77. The summed E-state index contributed by atoms with van der Waals surface area (Å²) in [5, 5.41) is 11.7. The van der Waals surface area contributed by atoms with Crippen LogP contribution in [0.25, 0.3) is 0 Å². The summed E-state index contributed by atoms with van der Waals surface area (Å²) in [6, 6.07) is 5.26. The average Bonchev–Trinajstić information content (AvgIpc) is 3.39. The van der Waals surface area contributed by atoms with Crippen LogP contribution in [0.2, 0.25) is 0 Å². The fraction of sp³-hybridized carbons (Fsp3) is 0.630. The number of allylic oxidation sites excluding steroid dienone is 2. The second-order valence-electron chi connectivity index (χ2n) is 10.6. The summed E-state index contributed by atoms with van der Waals surface area (Å²) in [7, 11) is 0. The highest BCUT2D eigenvalue weighted by atomic mass is 16.7. The van der Waals surface area contributed by atoms with Gasteiger partial charge in [-0.25, -0.2) is 5.06 Å². The van der Waals surface area contributed by atoms with Gasteiger partial charge in [0, 0.05) is 25.0 Å². The molecule has 3 rings (SSSR count). The Bertz CT molecular complexity index is 959. The molecule has 9 heteroatoms. The van der Waals surface area contributed by atoms with Crippen molar-refractivity contribution in [2.75, 3.05) is 33.2 Å². The van der Waals surface area contributed by atoms with Crippen molar-refractivity contribution in [3.8, 4) is 11.5 Å². The maximum atomic E-state index is 13.3. The zero-order valence-corrected chi connectivity index (χ0v) is 22.2. The van der Waals surface area contributed by atoms with E-state index in [4.69, 9.17) is 20.0 Å². The van der Waals surface area contributed by atoms with Gasteiger partial charge in [0.05, 0.1) is 12.5 Å². The summed E-state index contributed by atoms with van der Waals surface area (Å²) in [5.74, 6) is -0.808. The summed E-state index contributed by atoms with van der Waals surface area (Å²) >= 11 is 0. The number of amides is 1. The van der Waals surface area contributed by atoms with Gasteiger partial charge in [-0.05, 0) is 49.8 Å². The third-order valence-corrected chi connectivity index (χ3v) is 6.83. The molecule has 200 valence electrons. The first-order valence-electron chi connectivity index (χ1n) is 12.7. The van der Waals surface area contributed by atoms with Gasteiger partial charge >= 0.3 is 5.97 Å². The van der Waals surface area contributed by atoms with Crippen molar-refractivity contribution in [3.05, 3.63) is 35.4 Å². The van der Waals surface area contributed by atoms with Crippen LogP contribution >= 0.6 is 0 Å². The molecule has 9 nitrogen and oxygen atoms in total. The Balaban J connectivity index is 1.94. The number of carbonyl (C=O) groups excluding carboxylic acids is 1. The van der Waals surface area contributed by atoms with Crippen molar-refractivity contribution in [3.63, 3.8) is 0 Å². The van der Waals surface area contributed by atoms with Gasteiger partial charge in [-0.3, -0.25) is 19.3 Å². The molecule has 1 amide bonds. The molecule has 36 heavy (non-hydrogen) atoms. The van der Waals surface area contributed by atoms with E-state index in [2.05, 4.69) is 19.9 Å². The summed E-state index contributed by atoms with van der Waals surface area (Å²) in [6.45, 7) is 11.3. The number of nitrogens with two attached hydrogens (primary N) is 1. The molecule has 3 N–H and O–H groups in total. The number of fused-ring (bicyclic) bond motifs is 1. The molecule has 3 atom stereocenters. The zero-order chi connectivity index (χ0) is 26.5. The van der Waals surface area contributed by atoms with E-state index in [1.54, 1.807) is 0 Å². The van der Waals surface area contributed by atoms with E-state index in [-0.39, 0.29) is 43.4 Å². The van der Waals surface area contributed by atoms with E-state index >= 15 is 0 Å². The van der Waals surface area contributed by atoms with Gasteiger partial charge in [-0.15, -0.1) is 0 Å². The molecule has 1 saturated heterocycles. The lowest BCUT2D eigenvalue weighted by Crippen LogP contribution is -2.46. The molecule has 0 saturated carbocycles. The van der Waals surface area contributed by atoms with Crippen LogP contribution in [-0.4, -0.2) is 66.1 Å². The number of hydroxylamine groups is 2. The van der Waals surface area contributed by atoms with Crippen molar-refractivity contribution in [1.29, 1.82) is 0 Å². The molecule has 0 aromatic heterocycles. The second kappa shape index (κ2) is 12.1. The number of rotatable bonds is 12. The number of likely N-dealkylation sites (tertiary alicyclic amines) is 1. The number of hydrogen-bond donors (Lipinski definition) is 2. The van der Waals surface area contributed by atoms with Crippen molar-refractivity contribution in [2.24, 2.45) is 17.1 Å². The summed E-state index contributed by atoms with van der Waals surface area (Å²) < 4.78 is 11.0. The fourth-order valence-corrected chi connectivity index (χ4v) is 5.51. The Kier molecular flexibility index (Phi) is 9.38. The van der Waals surface area contributed by atoms with E-state index < -0.39 is 11.9 Å². The van der Waals surface area contributed by atoms with E-state index in [9.17, 15) is 14.7 Å². The average molecular weight is 504 g/mol. The third kappa shape index (κ3) is 6.78. The monoisotopic (exact) mass is 503 g/mol. The molecule has 2 aliphatic rings. The van der Waals surface area contributed by atoms with Crippen LogP contribution < -0.4 is 15.2 Å². The Morgan fingerprint density at radius 2 is 2.00 bits per heavy atom. The highest BCUT2D eigenvalue weighted by Crippen LogP contribution is 2.45. The molecular weight excluding hydrogens is 462 g/mol. The van der Waals surface area contributed by atoms with Gasteiger partial charge < -0.3 is 20.3 Å². The maximum absolute atomic E-state index is 13.3. The highest BCUT2D eigenvalue weighted by Gasteiger charge is 2.48. The predicted octanol–water partition coefficient (Wildman–Crippen LogP) is 3.74. The van der Waals surface area contributed by atoms with Crippen LogP contribution in [0.15, 0.2) is 29.8 Å². The number of carboxylic acids is 1. The normalized spacial score (nSPS) is 21.4. The van der Waals surface area contributed by atoms with Crippen molar-refractivity contribution in [1.82, 2.24) is 9.96 Å². The standard InChI is InChI=1S/C27H41N3O6/c1-6-7-10-30(36-16-28)24(31)15-29-14-20(19-8-9-22-23(11-19)35-17-34-22)25(26(32)33)21(29)13-27(4,5)12-18(2)3/h8-9,11-12,20-21,25H,6-7,10,13-17,28H2,1-5H3,(H,32,33)/t20-,21+,25?/m1/s1. The van der Waals surface area contributed by atoms with Crippen LogP contribution in [0.4, 0.5) is 0 Å². The van der Waals surface area contributed by atoms with E-state index in [1.165, 1.54) is 10.6 Å². The molecule has 2 heterocycles. The van der Waals surface area contributed by atoms with Crippen LogP contribution in [0, 0.1) is 11.3 Å². The lowest BCUT2D eigenvalue weighted by molar-refractivity contribution is -0.187. The number of nitrogens with zero attached hydrogens (tertiary/aromatic N) is 2. The molecule has 1 aromatic carbocycles. The smallest absolute Gasteiger partial charge is 0.308 e. The molecule has 1 fully saturated rings. The van der Waals surface area contributed by atoms with Gasteiger partial charge in [-0.2, -0.15) is 0 Å². The van der Waals surface area contributed by atoms with Crippen LogP contribution in [0.3, 0.4) is 0 Å². The Morgan fingerprint density at radius 1 is 1.28 bits per heavy atom. The second-order valence-corrected chi connectivity index (χ2v) is 10.6. The van der Waals surface area contributed by atoms with Crippen molar-refractivity contribution < 1.29 is 29.0 Å². The molecule has 0 aliphatic carbocycles. The largest absolute Gasteiger partial charge is 0.481 e. The third-order valence-electron chi connectivity index (χ3n) is 6.83. The van der Waals surface area contributed by atoms with Gasteiger partial charge in [-0.1, -0.05) is 44.9 Å². The minimum absolute atomic E-state index is 0.0596. The van der Waals surface area contributed by atoms with Crippen LogP contribution in [0.1, 0.15) is 65.4 Å². The number of carbonyl (C=O) groups is 2. The number of aliphatic carboxylic acids is 1. The molecule has 1 aromatic rings. The SMILES string of the molecule is CCCCN(OCN)C(=O)CN1C[C@H](c2ccc3c(c2)OCO3)C(C(=O)O)[C@@H]1CC(C)(C)C=C(C)C. The van der Waals surface area contributed by atoms with Crippen molar-refractivity contribution in [2.45, 2.75) is 65.8 Å². The number of hydrogen-bond acceptors (Lipinski definition) is 7. The van der Waals surface area contributed by atoms with Crippen LogP contribution in [-0.2, 0) is 14.4 Å². The maximum Gasteiger partial charge on any atom is 0.308 e. The van der Waals surface area contributed by atoms with Gasteiger partial charge in [0.1, 0.15) is 6.73 Å². The minimum atomic E-state index is -0.869. The molecule has 2 aliphatic heterocycles. The number of carboxylic acid groups (broad SMARTS) is 1. The Labute approximate surface area is 214 Å². The topological polar surface area (TPSA) is 115 Å². The Morgan fingerprint density at radius 3 is 2.64 bits per heavy atom.